The number of ether oxygens (including phenoxy) is 2. The average Bonchev–Trinajstić information content (AvgIpc) is 2.78. The van der Waals surface area contributed by atoms with E-state index in [1.807, 2.05) is 12.1 Å². The lowest BCUT2D eigenvalue weighted by Crippen LogP contribution is -2.47. The Morgan fingerprint density at radius 1 is 0.900 bits per heavy atom. The second-order valence-corrected chi connectivity index (χ2v) is 7.22. The number of carboxylic acids is 1. The Bertz CT molecular complexity index is 828. The minimum absolute atomic E-state index is 0.0119. The van der Waals surface area contributed by atoms with E-state index in [9.17, 15) is 9.59 Å². The van der Waals surface area contributed by atoms with E-state index in [1.54, 1.807) is 31.4 Å². The summed E-state index contributed by atoms with van der Waals surface area (Å²) in [5, 5.41) is 8.67. The predicted molar refractivity (Wildman–Crippen MR) is 115 cm³/mol. The van der Waals surface area contributed by atoms with E-state index >= 15 is 0 Å². The molecular weight excluding hydrogens is 384 g/mol. The molecule has 0 spiro atoms. The quantitative estimate of drug-likeness (QED) is 0.601. The van der Waals surface area contributed by atoms with Crippen molar-refractivity contribution in [3.05, 3.63) is 54.1 Å². The fraction of sp³-hybridized carbons (Fsp3) is 0.391. The molecule has 1 fully saturated rings. The van der Waals surface area contributed by atoms with Crippen LogP contribution in [0.1, 0.15) is 23.2 Å². The van der Waals surface area contributed by atoms with Gasteiger partial charge in [-0.25, -0.2) is 0 Å². The number of methoxy groups -OCH3 is 1. The highest BCUT2D eigenvalue weighted by Crippen LogP contribution is 2.20. The zero-order valence-electron chi connectivity index (χ0n) is 17.3. The Labute approximate surface area is 176 Å². The van der Waals surface area contributed by atoms with Gasteiger partial charge in [0.2, 0.25) is 0 Å². The highest BCUT2D eigenvalue weighted by atomic mass is 16.5. The monoisotopic (exact) mass is 412 g/mol. The molecule has 0 radical (unpaired) electrons. The van der Waals surface area contributed by atoms with Crippen LogP contribution in [0.15, 0.2) is 48.5 Å². The second kappa shape index (κ2) is 10.6. The summed E-state index contributed by atoms with van der Waals surface area (Å²) >= 11 is 0. The molecule has 2 aromatic rings. The van der Waals surface area contributed by atoms with Crippen LogP contribution in [0, 0.1) is 0 Å². The van der Waals surface area contributed by atoms with E-state index in [4.69, 9.17) is 14.6 Å². The molecule has 0 aromatic heterocycles. The van der Waals surface area contributed by atoms with Crippen LogP contribution in [-0.4, -0.2) is 68.2 Å². The minimum atomic E-state index is -0.965. The second-order valence-electron chi connectivity index (χ2n) is 7.22. The standard InChI is InChI=1S/C23H28N2O5/c1-29-20-8-4-19(5-9-20)25-14-12-24(13-15-25)16-17-30-21-6-2-18(3-7-21)22(26)10-11-23(27)28/h2-9H,10-17H2,1H3,(H,27,28). The molecule has 7 heteroatoms. The van der Waals surface area contributed by atoms with Crippen molar-refractivity contribution in [1.82, 2.24) is 4.90 Å². The Kier molecular flexibility index (Phi) is 7.68. The number of nitrogens with zero attached hydrogens (tertiary/aromatic N) is 2. The number of anilines is 1. The van der Waals surface area contributed by atoms with Gasteiger partial charge in [0.1, 0.15) is 18.1 Å². The number of carbonyl (C=O) groups is 2. The molecule has 0 saturated carbocycles. The van der Waals surface area contributed by atoms with Crippen molar-refractivity contribution in [2.45, 2.75) is 12.8 Å². The Hall–Kier alpha value is -3.06. The summed E-state index contributed by atoms with van der Waals surface area (Å²) in [7, 11) is 1.67. The van der Waals surface area contributed by atoms with Crippen molar-refractivity contribution >= 4 is 17.4 Å². The van der Waals surface area contributed by atoms with Crippen molar-refractivity contribution in [2.24, 2.45) is 0 Å². The molecule has 30 heavy (non-hydrogen) atoms. The molecule has 2 aromatic carbocycles. The summed E-state index contributed by atoms with van der Waals surface area (Å²) in [6, 6.07) is 15.0. The van der Waals surface area contributed by atoms with Gasteiger partial charge < -0.3 is 19.5 Å². The molecule has 1 heterocycles. The number of hydrogen-bond donors (Lipinski definition) is 1. The third-order valence-corrected chi connectivity index (χ3v) is 5.23. The molecular formula is C23H28N2O5. The predicted octanol–water partition coefficient (Wildman–Crippen LogP) is 2.94. The molecule has 0 aliphatic carbocycles. The first-order chi connectivity index (χ1) is 14.5. The smallest absolute Gasteiger partial charge is 0.303 e. The maximum Gasteiger partial charge on any atom is 0.303 e. The number of Topliss-reactive ketones (excluding diaryl/α,β-unsaturated/α-hetero) is 1. The van der Waals surface area contributed by atoms with Gasteiger partial charge >= 0.3 is 5.97 Å². The van der Waals surface area contributed by atoms with Crippen LogP contribution in [0.25, 0.3) is 0 Å². The molecule has 1 aliphatic rings. The molecule has 160 valence electrons. The lowest BCUT2D eigenvalue weighted by molar-refractivity contribution is -0.136. The zero-order valence-corrected chi connectivity index (χ0v) is 17.3. The number of rotatable bonds is 10. The molecule has 1 N–H and O–H groups in total. The highest BCUT2D eigenvalue weighted by molar-refractivity contribution is 5.97. The molecule has 0 amide bonds. The van der Waals surface area contributed by atoms with Gasteiger partial charge in [0.05, 0.1) is 13.5 Å². The van der Waals surface area contributed by atoms with Gasteiger partial charge in [-0.15, -0.1) is 0 Å². The largest absolute Gasteiger partial charge is 0.497 e. The van der Waals surface area contributed by atoms with E-state index in [-0.39, 0.29) is 18.6 Å². The molecule has 1 aliphatic heterocycles. The van der Waals surface area contributed by atoms with E-state index in [2.05, 4.69) is 21.9 Å². The Morgan fingerprint density at radius 3 is 2.13 bits per heavy atom. The summed E-state index contributed by atoms with van der Waals surface area (Å²) in [4.78, 5) is 27.2. The fourth-order valence-electron chi connectivity index (χ4n) is 3.42. The van der Waals surface area contributed by atoms with Gasteiger partial charge in [0.15, 0.2) is 5.78 Å². The van der Waals surface area contributed by atoms with Gasteiger partial charge in [-0.3, -0.25) is 14.5 Å². The lowest BCUT2D eigenvalue weighted by atomic mass is 10.1. The van der Waals surface area contributed by atoms with Crippen LogP contribution >= 0.6 is 0 Å². The number of carbonyl (C=O) groups excluding carboxylic acids is 1. The van der Waals surface area contributed by atoms with E-state index in [0.717, 1.165) is 38.5 Å². The van der Waals surface area contributed by atoms with Crippen molar-refractivity contribution in [3.63, 3.8) is 0 Å². The van der Waals surface area contributed by atoms with Gasteiger partial charge in [0, 0.05) is 50.4 Å². The van der Waals surface area contributed by atoms with Crippen LogP contribution < -0.4 is 14.4 Å². The van der Waals surface area contributed by atoms with Gasteiger partial charge in [0.25, 0.3) is 0 Å². The average molecular weight is 412 g/mol. The number of benzene rings is 2. The first-order valence-electron chi connectivity index (χ1n) is 10.1. The maximum atomic E-state index is 11.9. The number of carboxylic acid groups (broad SMARTS) is 1. The van der Waals surface area contributed by atoms with Crippen LogP contribution in [-0.2, 0) is 4.79 Å². The Balaban J connectivity index is 1.37. The molecule has 0 atom stereocenters. The van der Waals surface area contributed by atoms with Crippen LogP contribution in [0.5, 0.6) is 11.5 Å². The number of hydrogen-bond acceptors (Lipinski definition) is 6. The van der Waals surface area contributed by atoms with Crippen molar-refractivity contribution in [1.29, 1.82) is 0 Å². The fourth-order valence-corrected chi connectivity index (χ4v) is 3.42. The first-order valence-corrected chi connectivity index (χ1v) is 10.1. The number of aliphatic carboxylic acids is 1. The number of piperazine rings is 1. The van der Waals surface area contributed by atoms with Crippen LogP contribution in [0.4, 0.5) is 5.69 Å². The molecule has 3 rings (SSSR count). The van der Waals surface area contributed by atoms with Crippen LogP contribution in [0.2, 0.25) is 0 Å². The minimum Gasteiger partial charge on any atom is -0.497 e. The first kappa shape index (κ1) is 21.6. The normalized spacial score (nSPS) is 14.4. The molecule has 7 nitrogen and oxygen atoms in total. The van der Waals surface area contributed by atoms with Crippen molar-refractivity contribution < 1.29 is 24.2 Å². The van der Waals surface area contributed by atoms with Crippen molar-refractivity contribution in [2.75, 3.05) is 51.3 Å². The van der Waals surface area contributed by atoms with Gasteiger partial charge in [-0.1, -0.05) is 0 Å². The summed E-state index contributed by atoms with van der Waals surface area (Å²) in [5.74, 6) is 0.445. The highest BCUT2D eigenvalue weighted by Gasteiger charge is 2.17. The molecule has 1 saturated heterocycles. The maximum absolute atomic E-state index is 11.9. The molecule has 0 bridgehead atoms. The van der Waals surface area contributed by atoms with E-state index < -0.39 is 5.97 Å². The SMILES string of the molecule is COc1ccc(N2CCN(CCOc3ccc(C(=O)CCC(=O)O)cc3)CC2)cc1. The summed E-state index contributed by atoms with van der Waals surface area (Å²) in [6.45, 7) is 5.32. The summed E-state index contributed by atoms with van der Waals surface area (Å²) in [5.41, 5.74) is 1.72. The molecule has 0 unspecified atom stereocenters. The summed E-state index contributed by atoms with van der Waals surface area (Å²) < 4.78 is 11.0. The van der Waals surface area contributed by atoms with Crippen LogP contribution in [0.3, 0.4) is 0 Å². The number of ketones is 1. The zero-order chi connectivity index (χ0) is 21.3. The third-order valence-electron chi connectivity index (χ3n) is 5.23. The third kappa shape index (κ3) is 6.22. The summed E-state index contributed by atoms with van der Waals surface area (Å²) in [6.07, 6.45) is -0.138. The van der Waals surface area contributed by atoms with E-state index in [1.165, 1.54) is 5.69 Å². The van der Waals surface area contributed by atoms with Crippen molar-refractivity contribution in [3.8, 4) is 11.5 Å². The van der Waals surface area contributed by atoms with Gasteiger partial charge in [-0.2, -0.15) is 0 Å². The topological polar surface area (TPSA) is 79.3 Å². The Morgan fingerprint density at radius 2 is 1.53 bits per heavy atom. The lowest BCUT2D eigenvalue weighted by Gasteiger charge is -2.36. The van der Waals surface area contributed by atoms with Gasteiger partial charge in [-0.05, 0) is 48.5 Å². The van der Waals surface area contributed by atoms with E-state index in [0.29, 0.717) is 17.9 Å².